The minimum atomic E-state index is -2.00. The van der Waals surface area contributed by atoms with E-state index in [1.54, 1.807) is 18.2 Å². The van der Waals surface area contributed by atoms with Gasteiger partial charge >= 0.3 is 6.03 Å². The van der Waals surface area contributed by atoms with E-state index in [2.05, 4.69) is 20.8 Å². The number of urea groups is 1. The normalized spacial score (nSPS) is 17.9. The molecule has 0 aliphatic heterocycles. The van der Waals surface area contributed by atoms with Gasteiger partial charge in [0.1, 0.15) is 5.69 Å². The Kier molecular flexibility index (Phi) is 5.48. The minimum Gasteiger partial charge on any atom is -0.366 e. The Hall–Kier alpha value is -3.65. The van der Waals surface area contributed by atoms with Crippen LogP contribution in [0.25, 0.3) is 22.2 Å². The SMILES string of the molecule is NC(=O)c1cccc2[nH]nc(-c3ccccc3CNC(=O)NC3(F)C=CC(Cl)=CC3)c12. The zero-order chi connectivity index (χ0) is 22.0. The van der Waals surface area contributed by atoms with Gasteiger partial charge in [0.2, 0.25) is 11.7 Å². The number of carbonyl (C=O) groups is 2. The molecule has 1 aliphatic carbocycles. The zero-order valence-corrected chi connectivity index (χ0v) is 17.0. The third-order valence-corrected chi connectivity index (χ3v) is 5.27. The van der Waals surface area contributed by atoms with Crippen molar-refractivity contribution in [1.82, 2.24) is 20.8 Å². The van der Waals surface area contributed by atoms with Crippen molar-refractivity contribution in [3.05, 3.63) is 76.9 Å². The van der Waals surface area contributed by atoms with Gasteiger partial charge in [-0.3, -0.25) is 9.89 Å². The lowest BCUT2D eigenvalue weighted by atomic mass is 9.99. The number of hydrogen-bond donors (Lipinski definition) is 4. The maximum Gasteiger partial charge on any atom is 0.317 e. The summed E-state index contributed by atoms with van der Waals surface area (Å²) in [6.07, 6.45) is 4.06. The average Bonchev–Trinajstić information content (AvgIpc) is 3.19. The molecule has 158 valence electrons. The maximum absolute atomic E-state index is 14.7. The molecule has 5 N–H and O–H groups in total. The second kappa shape index (κ2) is 8.23. The fourth-order valence-electron chi connectivity index (χ4n) is 3.47. The molecule has 7 nitrogen and oxygen atoms in total. The van der Waals surface area contributed by atoms with Crippen LogP contribution in [0.3, 0.4) is 0 Å². The van der Waals surface area contributed by atoms with Gasteiger partial charge in [-0.15, -0.1) is 0 Å². The number of fused-ring (bicyclic) bond motifs is 1. The number of primary amides is 1. The van der Waals surface area contributed by atoms with Crippen molar-refractivity contribution in [2.45, 2.75) is 18.8 Å². The number of carbonyl (C=O) groups excluding carboxylic acids is 2. The third kappa shape index (κ3) is 4.29. The minimum absolute atomic E-state index is 0.0541. The summed E-state index contributed by atoms with van der Waals surface area (Å²) in [5, 5.41) is 13.3. The highest BCUT2D eigenvalue weighted by atomic mass is 35.5. The molecule has 1 heterocycles. The van der Waals surface area contributed by atoms with Gasteiger partial charge in [0.15, 0.2) is 0 Å². The summed E-state index contributed by atoms with van der Waals surface area (Å²) >= 11 is 5.80. The number of H-pyrrole nitrogens is 1. The van der Waals surface area contributed by atoms with Crippen molar-refractivity contribution >= 4 is 34.4 Å². The summed E-state index contributed by atoms with van der Waals surface area (Å²) in [7, 11) is 0. The highest BCUT2D eigenvalue weighted by molar-refractivity contribution is 6.31. The zero-order valence-electron chi connectivity index (χ0n) is 16.3. The molecule has 31 heavy (non-hydrogen) atoms. The Morgan fingerprint density at radius 1 is 1.23 bits per heavy atom. The Labute approximate surface area is 182 Å². The van der Waals surface area contributed by atoms with Crippen LogP contribution in [0.4, 0.5) is 9.18 Å². The van der Waals surface area contributed by atoms with Crippen molar-refractivity contribution in [3.8, 4) is 11.3 Å². The van der Waals surface area contributed by atoms with E-state index in [4.69, 9.17) is 17.3 Å². The van der Waals surface area contributed by atoms with E-state index in [0.717, 1.165) is 5.56 Å². The number of allylic oxidation sites excluding steroid dienone is 2. The molecule has 0 radical (unpaired) electrons. The molecule has 0 fully saturated rings. The van der Waals surface area contributed by atoms with Gasteiger partial charge in [-0.25, -0.2) is 9.18 Å². The Balaban J connectivity index is 1.57. The molecule has 1 aromatic heterocycles. The van der Waals surface area contributed by atoms with Crippen LogP contribution in [-0.4, -0.2) is 27.9 Å². The Morgan fingerprint density at radius 2 is 2.03 bits per heavy atom. The molecule has 3 amide bonds. The fraction of sp³-hybridized carbons (Fsp3) is 0.136. The van der Waals surface area contributed by atoms with Crippen LogP contribution in [-0.2, 0) is 6.54 Å². The highest BCUT2D eigenvalue weighted by Crippen LogP contribution is 2.31. The van der Waals surface area contributed by atoms with Crippen LogP contribution in [0.5, 0.6) is 0 Å². The van der Waals surface area contributed by atoms with Gasteiger partial charge in [0.05, 0.1) is 11.1 Å². The molecule has 1 atom stereocenters. The molecule has 9 heteroatoms. The van der Waals surface area contributed by atoms with Gasteiger partial charge in [0, 0.05) is 28.9 Å². The van der Waals surface area contributed by atoms with Crippen LogP contribution in [0, 0.1) is 0 Å². The summed E-state index contributed by atoms with van der Waals surface area (Å²) in [4.78, 5) is 24.2. The number of nitrogens with two attached hydrogens (primary N) is 1. The lowest BCUT2D eigenvalue weighted by Crippen LogP contribution is -2.48. The quantitative estimate of drug-likeness (QED) is 0.452. The molecule has 0 bridgehead atoms. The molecule has 4 rings (SSSR count). The molecule has 1 aliphatic rings. The van der Waals surface area contributed by atoms with Gasteiger partial charge in [-0.1, -0.05) is 48.0 Å². The molecule has 1 unspecified atom stereocenters. The van der Waals surface area contributed by atoms with Crippen molar-refractivity contribution in [3.63, 3.8) is 0 Å². The van der Waals surface area contributed by atoms with Crippen LogP contribution >= 0.6 is 11.6 Å². The maximum atomic E-state index is 14.7. The third-order valence-electron chi connectivity index (χ3n) is 4.99. The number of hydrogen-bond acceptors (Lipinski definition) is 3. The second-order valence-corrected chi connectivity index (χ2v) is 7.55. The second-order valence-electron chi connectivity index (χ2n) is 7.12. The predicted molar refractivity (Wildman–Crippen MR) is 117 cm³/mol. The molecule has 3 aromatic rings. The van der Waals surface area contributed by atoms with Gasteiger partial charge in [-0.05, 0) is 29.8 Å². The first-order valence-corrected chi connectivity index (χ1v) is 9.89. The van der Waals surface area contributed by atoms with E-state index >= 15 is 0 Å². The topological polar surface area (TPSA) is 113 Å². The summed E-state index contributed by atoms with van der Waals surface area (Å²) in [5.74, 6) is -2.57. The van der Waals surface area contributed by atoms with E-state index in [0.29, 0.717) is 32.8 Å². The van der Waals surface area contributed by atoms with Crippen LogP contribution in [0.15, 0.2) is 65.7 Å². The predicted octanol–water partition coefficient (Wildman–Crippen LogP) is 3.88. The van der Waals surface area contributed by atoms with Crippen molar-refractivity contribution in [2.75, 3.05) is 0 Å². The van der Waals surface area contributed by atoms with Crippen LogP contribution < -0.4 is 16.4 Å². The Bertz CT molecular complexity index is 1240. The molecular formula is C22H19ClFN5O2. The average molecular weight is 440 g/mol. The number of alkyl halides is 1. The van der Waals surface area contributed by atoms with Crippen molar-refractivity contribution < 1.29 is 14.0 Å². The Morgan fingerprint density at radius 3 is 2.77 bits per heavy atom. The molecule has 2 aromatic carbocycles. The number of amides is 3. The summed E-state index contributed by atoms with van der Waals surface area (Å²) < 4.78 is 14.7. The first-order chi connectivity index (χ1) is 14.9. The van der Waals surface area contributed by atoms with Gasteiger partial charge in [-0.2, -0.15) is 5.10 Å². The number of rotatable bonds is 5. The molecule has 0 spiro atoms. The number of benzene rings is 2. The number of halogens is 2. The van der Waals surface area contributed by atoms with E-state index < -0.39 is 17.7 Å². The smallest absolute Gasteiger partial charge is 0.317 e. The monoisotopic (exact) mass is 439 g/mol. The first kappa shape index (κ1) is 20.6. The summed E-state index contributed by atoms with van der Waals surface area (Å²) in [5.41, 5.74) is 8.54. The number of aromatic amines is 1. The van der Waals surface area contributed by atoms with E-state index in [9.17, 15) is 14.0 Å². The standard InChI is InChI=1S/C22H19ClFN5O2/c23-14-8-10-22(24,11-9-14)27-21(31)26-12-13-4-1-2-5-15(13)19-18-16(20(25)30)6-3-7-17(18)28-29-19/h1-10H,11-12H2,(H2,25,30)(H,28,29)(H2,26,27,31). The lowest BCUT2D eigenvalue weighted by molar-refractivity contribution is 0.100. The van der Waals surface area contributed by atoms with E-state index in [-0.39, 0.29) is 13.0 Å². The number of nitrogens with one attached hydrogen (secondary N) is 3. The van der Waals surface area contributed by atoms with Gasteiger partial charge in [0.25, 0.3) is 0 Å². The first-order valence-electron chi connectivity index (χ1n) is 9.51. The summed E-state index contributed by atoms with van der Waals surface area (Å²) in [6, 6.07) is 11.8. The number of aromatic nitrogens is 2. The fourth-order valence-corrected chi connectivity index (χ4v) is 3.61. The van der Waals surface area contributed by atoms with Crippen molar-refractivity contribution in [1.29, 1.82) is 0 Å². The van der Waals surface area contributed by atoms with Crippen LogP contribution in [0.1, 0.15) is 22.3 Å². The van der Waals surface area contributed by atoms with Crippen molar-refractivity contribution in [2.24, 2.45) is 5.73 Å². The largest absolute Gasteiger partial charge is 0.366 e. The van der Waals surface area contributed by atoms with Crippen LogP contribution in [0.2, 0.25) is 0 Å². The summed E-state index contributed by atoms with van der Waals surface area (Å²) in [6.45, 7) is 0.117. The lowest BCUT2D eigenvalue weighted by Gasteiger charge is -2.24. The molecule has 0 saturated carbocycles. The van der Waals surface area contributed by atoms with E-state index in [1.165, 1.54) is 18.2 Å². The van der Waals surface area contributed by atoms with Gasteiger partial charge < -0.3 is 16.4 Å². The molecular weight excluding hydrogens is 421 g/mol. The highest BCUT2D eigenvalue weighted by Gasteiger charge is 2.29. The molecule has 0 saturated heterocycles. The van der Waals surface area contributed by atoms with E-state index in [1.807, 2.05) is 24.3 Å². The number of nitrogens with zero attached hydrogens (tertiary/aromatic N) is 1.